The zero-order valence-corrected chi connectivity index (χ0v) is 11.7. The molecule has 0 N–H and O–H groups in total. The second kappa shape index (κ2) is 3.29. The Morgan fingerprint density at radius 3 is 1.65 bits per heavy atom. The molecule has 0 aromatic rings. The van der Waals surface area contributed by atoms with E-state index in [0.29, 0.717) is 28.9 Å². The lowest BCUT2D eigenvalue weighted by molar-refractivity contribution is -0.140. The van der Waals surface area contributed by atoms with Crippen molar-refractivity contribution in [2.24, 2.45) is 47.3 Å². The van der Waals surface area contributed by atoms with Crippen LogP contribution >= 0.6 is 0 Å². The van der Waals surface area contributed by atoms with Crippen LogP contribution in [0.15, 0.2) is 11.1 Å². The Kier molecular flexibility index (Phi) is 1.87. The van der Waals surface area contributed by atoms with E-state index in [4.69, 9.17) is 9.47 Å². The summed E-state index contributed by atoms with van der Waals surface area (Å²) in [6, 6.07) is 0. The molecular formula is C16H18O4. The third-order valence-corrected chi connectivity index (χ3v) is 7.13. The van der Waals surface area contributed by atoms with Crippen molar-refractivity contribution < 1.29 is 19.1 Å². The van der Waals surface area contributed by atoms with Gasteiger partial charge in [0, 0.05) is 0 Å². The molecule has 0 saturated heterocycles. The van der Waals surface area contributed by atoms with Crippen LogP contribution in [-0.2, 0) is 19.1 Å². The second-order valence-electron chi connectivity index (χ2n) is 7.08. The molecule has 4 heteroatoms. The van der Waals surface area contributed by atoms with E-state index in [0.717, 1.165) is 17.8 Å². The summed E-state index contributed by atoms with van der Waals surface area (Å²) in [4.78, 5) is 24.4. The van der Waals surface area contributed by atoms with Crippen LogP contribution in [0.3, 0.4) is 0 Å². The predicted octanol–water partition coefficient (Wildman–Crippen LogP) is 1.41. The van der Waals surface area contributed by atoms with Crippen molar-refractivity contribution in [3.8, 4) is 0 Å². The van der Waals surface area contributed by atoms with Crippen LogP contribution in [0.25, 0.3) is 0 Å². The first-order valence-corrected chi connectivity index (χ1v) is 7.61. The van der Waals surface area contributed by atoms with Gasteiger partial charge in [0.25, 0.3) is 0 Å². The number of esters is 2. The van der Waals surface area contributed by atoms with Crippen molar-refractivity contribution >= 4 is 11.9 Å². The lowest BCUT2D eigenvalue weighted by Gasteiger charge is -2.35. The summed E-state index contributed by atoms with van der Waals surface area (Å²) in [5, 5.41) is 0. The molecular weight excluding hydrogens is 256 g/mol. The van der Waals surface area contributed by atoms with Crippen LogP contribution in [-0.4, -0.2) is 26.2 Å². The molecule has 0 spiro atoms. The van der Waals surface area contributed by atoms with Gasteiger partial charge in [0.1, 0.15) is 0 Å². The molecule has 6 aliphatic rings. The van der Waals surface area contributed by atoms with Gasteiger partial charge in [-0.25, -0.2) is 9.59 Å². The van der Waals surface area contributed by atoms with Crippen molar-refractivity contribution in [1.82, 2.24) is 0 Å². The van der Waals surface area contributed by atoms with Crippen LogP contribution < -0.4 is 0 Å². The molecule has 2 unspecified atom stereocenters. The van der Waals surface area contributed by atoms with Crippen molar-refractivity contribution in [3.05, 3.63) is 11.1 Å². The number of methoxy groups -OCH3 is 2. The molecule has 5 saturated carbocycles. The Bertz CT molecular complexity index is 529. The molecule has 6 aliphatic carbocycles. The largest absolute Gasteiger partial charge is 0.466 e. The Balaban J connectivity index is 1.68. The predicted molar refractivity (Wildman–Crippen MR) is 68.2 cm³/mol. The van der Waals surface area contributed by atoms with Crippen molar-refractivity contribution in [2.75, 3.05) is 14.2 Å². The highest BCUT2D eigenvalue weighted by Gasteiger charge is 2.80. The van der Waals surface area contributed by atoms with Gasteiger partial charge in [-0.15, -0.1) is 0 Å². The van der Waals surface area contributed by atoms with E-state index < -0.39 is 0 Å². The fraction of sp³-hybridized carbons (Fsp3) is 0.750. The Morgan fingerprint density at radius 2 is 1.25 bits per heavy atom. The number of rotatable bonds is 2. The topological polar surface area (TPSA) is 52.6 Å². The van der Waals surface area contributed by atoms with E-state index in [1.165, 1.54) is 27.1 Å². The maximum Gasteiger partial charge on any atom is 0.334 e. The van der Waals surface area contributed by atoms with Gasteiger partial charge in [0.2, 0.25) is 0 Å². The minimum absolute atomic E-state index is 0.290. The van der Waals surface area contributed by atoms with Gasteiger partial charge in [0.15, 0.2) is 0 Å². The van der Waals surface area contributed by atoms with Crippen molar-refractivity contribution in [2.45, 2.75) is 12.8 Å². The number of hydrogen-bond donors (Lipinski definition) is 0. The standard InChI is InChI=1S/C16H18O4/c1-19-15(17)13-11-8-5-3-4-6-7(5)10(11)12(9(6)8)14(13)16(18)20-2/h5-12H,3-4H2,1-2H3/t5-,6-,7?,8-,9+,10?,11-,12+/m0/s1. The van der Waals surface area contributed by atoms with Crippen LogP contribution in [0.2, 0.25) is 0 Å². The second-order valence-corrected chi connectivity index (χ2v) is 7.08. The van der Waals surface area contributed by atoms with Crippen molar-refractivity contribution in [3.63, 3.8) is 0 Å². The average molecular weight is 274 g/mol. The summed E-state index contributed by atoms with van der Waals surface area (Å²) in [5.74, 6) is 4.20. The number of carbonyl (C=O) groups excluding carboxylic acids is 2. The number of carbonyl (C=O) groups is 2. The SMILES string of the molecule is COC(=O)C1=C(C(=O)OC)[C@H]2C3C4[C@@H]5CC[C@@H]4[C@@H]2[C@H]5[C@H]13. The average Bonchev–Trinajstić information content (AvgIpc) is 3.23. The molecule has 106 valence electrons. The molecule has 0 radical (unpaired) electrons. The Morgan fingerprint density at radius 1 is 0.800 bits per heavy atom. The van der Waals surface area contributed by atoms with Crippen LogP contribution in [0.5, 0.6) is 0 Å². The third kappa shape index (κ3) is 0.895. The minimum atomic E-state index is -0.301. The zero-order chi connectivity index (χ0) is 13.8. The highest BCUT2D eigenvalue weighted by molar-refractivity contribution is 6.03. The Hall–Kier alpha value is -1.32. The summed E-state index contributed by atoms with van der Waals surface area (Å²) in [5.41, 5.74) is 1.34. The summed E-state index contributed by atoms with van der Waals surface area (Å²) in [6.07, 6.45) is 2.66. The van der Waals surface area contributed by atoms with Gasteiger partial charge < -0.3 is 9.47 Å². The summed E-state index contributed by atoms with van der Waals surface area (Å²) >= 11 is 0. The first-order chi connectivity index (χ1) is 9.70. The van der Waals surface area contributed by atoms with E-state index in [1.54, 1.807) is 0 Å². The molecule has 0 heterocycles. The lowest BCUT2D eigenvalue weighted by atomic mass is 9.69. The third-order valence-electron chi connectivity index (χ3n) is 7.13. The fourth-order valence-corrected chi connectivity index (χ4v) is 7.19. The maximum atomic E-state index is 12.2. The summed E-state index contributed by atoms with van der Waals surface area (Å²) < 4.78 is 9.92. The summed E-state index contributed by atoms with van der Waals surface area (Å²) in [7, 11) is 2.82. The van der Waals surface area contributed by atoms with Crippen LogP contribution in [0.1, 0.15) is 12.8 Å². The molecule has 4 nitrogen and oxygen atoms in total. The molecule has 6 rings (SSSR count). The van der Waals surface area contributed by atoms with Gasteiger partial charge in [-0.05, 0) is 60.2 Å². The van der Waals surface area contributed by atoms with Gasteiger partial charge in [-0.3, -0.25) is 0 Å². The van der Waals surface area contributed by atoms with Gasteiger partial charge >= 0.3 is 11.9 Å². The smallest absolute Gasteiger partial charge is 0.334 e. The Labute approximate surface area is 117 Å². The van der Waals surface area contributed by atoms with Gasteiger partial charge in [0.05, 0.1) is 25.4 Å². The van der Waals surface area contributed by atoms with Crippen LogP contribution in [0, 0.1) is 47.3 Å². The molecule has 8 atom stereocenters. The van der Waals surface area contributed by atoms with Crippen molar-refractivity contribution in [1.29, 1.82) is 0 Å². The molecule has 8 bridgehead atoms. The number of hydrogen-bond acceptors (Lipinski definition) is 4. The summed E-state index contributed by atoms with van der Waals surface area (Å²) in [6.45, 7) is 0. The van der Waals surface area contributed by atoms with Gasteiger partial charge in [-0.2, -0.15) is 0 Å². The van der Waals surface area contributed by atoms with Crippen LogP contribution in [0.4, 0.5) is 0 Å². The first kappa shape index (κ1) is 11.4. The zero-order valence-electron chi connectivity index (χ0n) is 11.7. The van der Waals surface area contributed by atoms with E-state index in [2.05, 4.69) is 0 Å². The van der Waals surface area contributed by atoms with E-state index >= 15 is 0 Å². The molecule has 0 amide bonds. The quantitative estimate of drug-likeness (QED) is 0.714. The molecule has 20 heavy (non-hydrogen) atoms. The highest BCUT2D eigenvalue weighted by atomic mass is 16.5. The molecule has 5 fully saturated rings. The maximum absolute atomic E-state index is 12.2. The highest BCUT2D eigenvalue weighted by Crippen LogP contribution is 2.83. The van der Waals surface area contributed by atoms with E-state index in [1.807, 2.05) is 0 Å². The molecule has 0 aliphatic heterocycles. The van der Waals surface area contributed by atoms with E-state index in [9.17, 15) is 9.59 Å². The van der Waals surface area contributed by atoms with Gasteiger partial charge in [-0.1, -0.05) is 0 Å². The fourth-order valence-electron chi connectivity index (χ4n) is 7.19. The number of ether oxygens (including phenoxy) is 2. The normalized spacial score (nSPS) is 52.3. The monoisotopic (exact) mass is 274 g/mol. The molecule has 0 aromatic carbocycles. The minimum Gasteiger partial charge on any atom is -0.466 e. The molecule has 0 aromatic heterocycles. The van der Waals surface area contributed by atoms with E-state index in [-0.39, 0.29) is 23.8 Å². The lowest BCUT2D eigenvalue weighted by Crippen LogP contribution is -2.34. The first-order valence-electron chi connectivity index (χ1n) is 7.61.